The van der Waals surface area contributed by atoms with Gasteiger partial charge in [-0.25, -0.2) is 4.79 Å². The Hall–Kier alpha value is -2.13. The molecule has 3 nitrogen and oxygen atoms in total. The summed E-state index contributed by atoms with van der Waals surface area (Å²) in [6.45, 7) is 0. The summed E-state index contributed by atoms with van der Waals surface area (Å²) < 4.78 is 12.0. The maximum atomic E-state index is 12.9. The highest BCUT2D eigenvalue weighted by Crippen LogP contribution is 2.51. The van der Waals surface area contributed by atoms with Crippen LogP contribution in [0.4, 0.5) is 0 Å². The van der Waals surface area contributed by atoms with Crippen LogP contribution >= 0.6 is 0 Å². The van der Waals surface area contributed by atoms with Crippen molar-refractivity contribution in [3.8, 4) is 0 Å². The van der Waals surface area contributed by atoms with E-state index in [9.17, 15) is 4.79 Å². The molecule has 2 atom stereocenters. The third-order valence-corrected chi connectivity index (χ3v) is 5.01. The minimum atomic E-state index is -0.960. The van der Waals surface area contributed by atoms with Crippen molar-refractivity contribution >= 4 is 5.97 Å². The van der Waals surface area contributed by atoms with Crippen molar-refractivity contribution in [1.29, 1.82) is 0 Å². The van der Waals surface area contributed by atoms with Crippen molar-refractivity contribution in [2.45, 2.75) is 37.6 Å². The number of esters is 1. The van der Waals surface area contributed by atoms with Crippen LogP contribution in [0.15, 0.2) is 60.7 Å². The molecule has 2 aromatic carbocycles. The highest BCUT2D eigenvalue weighted by Gasteiger charge is 2.57. The lowest BCUT2D eigenvalue weighted by molar-refractivity contribution is -0.148. The van der Waals surface area contributed by atoms with Crippen molar-refractivity contribution in [1.82, 2.24) is 0 Å². The first kappa shape index (κ1) is 14.5. The van der Waals surface area contributed by atoms with Crippen LogP contribution in [0.5, 0.6) is 0 Å². The largest absolute Gasteiger partial charge is 0.429 e. The van der Waals surface area contributed by atoms with Crippen LogP contribution < -0.4 is 0 Å². The normalized spacial score (nSPS) is 28.0. The first-order valence-electron chi connectivity index (χ1n) is 8.30. The molecular formula is C20H20O3. The van der Waals surface area contributed by atoms with E-state index < -0.39 is 11.9 Å². The predicted octanol–water partition coefficient (Wildman–Crippen LogP) is 4.34. The topological polar surface area (TPSA) is 35.5 Å². The number of benzene rings is 2. The van der Waals surface area contributed by atoms with Gasteiger partial charge in [-0.3, -0.25) is 0 Å². The Morgan fingerprint density at radius 2 is 1.48 bits per heavy atom. The fourth-order valence-electron chi connectivity index (χ4n) is 3.87. The number of carbonyl (C=O) groups is 1. The highest BCUT2D eigenvalue weighted by molar-refractivity contribution is 5.83. The number of rotatable bonds is 3. The molecule has 2 aromatic rings. The first-order chi connectivity index (χ1) is 11.3. The Morgan fingerprint density at radius 3 is 2.13 bits per heavy atom. The second kappa shape index (κ2) is 5.82. The number of cyclic esters (lactones) is 1. The third-order valence-electron chi connectivity index (χ3n) is 5.01. The second-order valence-electron chi connectivity index (χ2n) is 6.35. The lowest BCUT2D eigenvalue weighted by Crippen LogP contribution is -2.40. The quantitative estimate of drug-likeness (QED) is 0.791. The van der Waals surface area contributed by atoms with E-state index in [1.165, 1.54) is 0 Å². The Balaban J connectivity index is 1.75. The zero-order valence-corrected chi connectivity index (χ0v) is 13.0. The maximum Gasteiger partial charge on any atom is 0.346 e. The molecule has 1 saturated carbocycles. The summed E-state index contributed by atoms with van der Waals surface area (Å²) in [4.78, 5) is 12.9. The molecule has 4 rings (SSSR count). The summed E-state index contributed by atoms with van der Waals surface area (Å²) in [6, 6.07) is 19.5. The summed E-state index contributed by atoms with van der Waals surface area (Å²) in [6.07, 6.45) is 3.68. The summed E-state index contributed by atoms with van der Waals surface area (Å²) in [7, 11) is 0. The Kier molecular flexibility index (Phi) is 3.66. The molecular weight excluding hydrogens is 288 g/mol. The molecule has 3 heteroatoms. The van der Waals surface area contributed by atoms with Crippen LogP contribution in [0.1, 0.15) is 43.1 Å². The monoisotopic (exact) mass is 308 g/mol. The Morgan fingerprint density at radius 1 is 0.870 bits per heavy atom. The van der Waals surface area contributed by atoms with Crippen molar-refractivity contribution in [2.75, 3.05) is 0 Å². The summed E-state index contributed by atoms with van der Waals surface area (Å²) >= 11 is 0. The van der Waals surface area contributed by atoms with E-state index in [4.69, 9.17) is 9.47 Å². The van der Waals surface area contributed by atoms with Gasteiger partial charge in [0.05, 0.1) is 0 Å². The molecule has 2 aliphatic rings. The first-order valence-corrected chi connectivity index (χ1v) is 8.30. The zero-order chi connectivity index (χ0) is 15.7. The average Bonchev–Trinajstić information content (AvgIpc) is 3.25. The smallest absolute Gasteiger partial charge is 0.346 e. The van der Waals surface area contributed by atoms with Gasteiger partial charge in [0, 0.05) is 11.5 Å². The molecule has 0 bridgehead atoms. The molecule has 1 heterocycles. The van der Waals surface area contributed by atoms with Crippen LogP contribution in [0.3, 0.4) is 0 Å². The fourth-order valence-corrected chi connectivity index (χ4v) is 3.87. The van der Waals surface area contributed by atoms with Crippen molar-refractivity contribution < 1.29 is 14.3 Å². The summed E-state index contributed by atoms with van der Waals surface area (Å²) in [5, 5.41) is 0. The summed E-state index contributed by atoms with van der Waals surface area (Å²) in [5.41, 5.74) is 0.838. The van der Waals surface area contributed by atoms with Gasteiger partial charge in [-0.15, -0.1) is 0 Å². The molecule has 0 unspecified atom stereocenters. The maximum absolute atomic E-state index is 12.9. The van der Waals surface area contributed by atoms with E-state index in [0.29, 0.717) is 0 Å². The van der Waals surface area contributed by atoms with Gasteiger partial charge in [-0.1, -0.05) is 73.5 Å². The van der Waals surface area contributed by atoms with E-state index >= 15 is 0 Å². The standard InChI is InChI=1S/C20H20O3/c21-19-20(17-13-7-8-14-17,16-11-5-2-6-12-16)23-18(22-19)15-9-3-1-4-10-15/h1-6,9-12,17-18H,7-8,13-14H2/t18-,20-/m1/s1. The van der Waals surface area contributed by atoms with Crippen LogP contribution in [0, 0.1) is 5.92 Å². The van der Waals surface area contributed by atoms with E-state index in [1.54, 1.807) is 0 Å². The average molecular weight is 308 g/mol. The zero-order valence-electron chi connectivity index (χ0n) is 13.0. The number of carbonyl (C=O) groups excluding carboxylic acids is 1. The van der Waals surface area contributed by atoms with Gasteiger partial charge < -0.3 is 9.47 Å². The van der Waals surface area contributed by atoms with E-state index in [1.807, 2.05) is 60.7 Å². The van der Waals surface area contributed by atoms with Crippen LogP contribution in [-0.4, -0.2) is 5.97 Å². The minimum absolute atomic E-state index is 0.186. The number of ether oxygens (including phenoxy) is 2. The molecule has 0 amide bonds. The highest BCUT2D eigenvalue weighted by atomic mass is 16.8. The number of hydrogen-bond donors (Lipinski definition) is 0. The predicted molar refractivity (Wildman–Crippen MR) is 86.4 cm³/mol. The van der Waals surface area contributed by atoms with Crippen molar-refractivity contribution in [2.24, 2.45) is 5.92 Å². The van der Waals surface area contributed by atoms with E-state index in [0.717, 1.165) is 36.8 Å². The van der Waals surface area contributed by atoms with E-state index in [-0.39, 0.29) is 11.9 Å². The summed E-state index contributed by atoms with van der Waals surface area (Å²) in [5.74, 6) is -0.0597. The second-order valence-corrected chi connectivity index (χ2v) is 6.35. The molecule has 0 spiro atoms. The Bertz CT molecular complexity index is 677. The van der Waals surface area contributed by atoms with Crippen molar-refractivity contribution in [3.05, 3.63) is 71.8 Å². The third kappa shape index (κ3) is 2.36. The van der Waals surface area contributed by atoms with Gasteiger partial charge in [0.1, 0.15) is 0 Å². The molecule has 23 heavy (non-hydrogen) atoms. The number of hydrogen-bond acceptors (Lipinski definition) is 3. The van der Waals surface area contributed by atoms with Gasteiger partial charge in [0.15, 0.2) is 5.60 Å². The van der Waals surface area contributed by atoms with Crippen LogP contribution in [0.25, 0.3) is 0 Å². The Labute approximate surface area is 136 Å². The van der Waals surface area contributed by atoms with Crippen LogP contribution in [0.2, 0.25) is 0 Å². The molecule has 1 aliphatic carbocycles. The lowest BCUT2D eigenvalue weighted by Gasteiger charge is -2.31. The van der Waals surface area contributed by atoms with Gasteiger partial charge in [0.25, 0.3) is 0 Å². The van der Waals surface area contributed by atoms with Gasteiger partial charge in [-0.2, -0.15) is 0 Å². The fraction of sp³-hybridized carbons (Fsp3) is 0.350. The molecule has 1 saturated heterocycles. The van der Waals surface area contributed by atoms with E-state index in [2.05, 4.69) is 0 Å². The van der Waals surface area contributed by atoms with Crippen molar-refractivity contribution in [3.63, 3.8) is 0 Å². The SMILES string of the molecule is O=C1O[C@@H](c2ccccc2)O[C@]1(c1ccccc1)C1CCCC1. The lowest BCUT2D eigenvalue weighted by atomic mass is 9.80. The molecule has 0 aromatic heterocycles. The van der Waals surface area contributed by atoms with Gasteiger partial charge >= 0.3 is 5.97 Å². The molecule has 0 radical (unpaired) electrons. The van der Waals surface area contributed by atoms with Gasteiger partial charge in [-0.05, 0) is 18.4 Å². The molecule has 0 N–H and O–H groups in total. The van der Waals surface area contributed by atoms with Gasteiger partial charge in [0.2, 0.25) is 6.29 Å². The molecule has 118 valence electrons. The molecule has 1 aliphatic heterocycles. The molecule has 2 fully saturated rings. The van der Waals surface area contributed by atoms with Crippen LogP contribution in [-0.2, 0) is 19.9 Å². The minimum Gasteiger partial charge on any atom is -0.429 e.